The second-order valence-electron chi connectivity index (χ2n) is 7.06. The number of hydrogen-bond acceptors (Lipinski definition) is 3. The minimum atomic E-state index is 0. The van der Waals surface area contributed by atoms with Gasteiger partial charge in [0.15, 0.2) is 5.96 Å². The van der Waals surface area contributed by atoms with E-state index in [1.54, 1.807) is 7.05 Å². The summed E-state index contributed by atoms with van der Waals surface area (Å²) in [5, 5.41) is 8.95. The van der Waals surface area contributed by atoms with Gasteiger partial charge in [-0.05, 0) is 31.2 Å². The zero-order valence-electron chi connectivity index (χ0n) is 17.4. The monoisotopic (exact) mass is 515 g/mol. The summed E-state index contributed by atoms with van der Waals surface area (Å²) in [5.41, 5.74) is 1.09. The van der Waals surface area contributed by atoms with E-state index >= 15 is 0 Å². The van der Waals surface area contributed by atoms with Crippen LogP contribution in [-0.2, 0) is 16.1 Å². The van der Waals surface area contributed by atoms with Crippen LogP contribution >= 0.6 is 24.0 Å². The summed E-state index contributed by atoms with van der Waals surface area (Å²) in [6.45, 7) is 5.60. The van der Waals surface area contributed by atoms with Gasteiger partial charge in [0, 0.05) is 46.1 Å². The Balaban J connectivity index is 0.00000420. The average Bonchev–Trinajstić information content (AvgIpc) is 2.73. The van der Waals surface area contributed by atoms with Crippen LogP contribution in [0.5, 0.6) is 0 Å². The third kappa shape index (κ3) is 9.47. The standard InChI is InChI=1S/C21H33N5O2.HI/c1-3-23-21(26-13-10-17(11-14-26)15-20(28)22-2)24-12-9-19(27)25-16-18-7-5-4-6-8-18;/h4-8,17H,3,9-16H2,1-2H3,(H,22,28)(H,23,24)(H,25,27);1H. The van der Waals surface area contributed by atoms with E-state index in [-0.39, 0.29) is 35.8 Å². The van der Waals surface area contributed by atoms with Crippen LogP contribution in [0.2, 0.25) is 0 Å². The first-order valence-electron chi connectivity index (χ1n) is 10.2. The fourth-order valence-electron chi connectivity index (χ4n) is 3.29. The molecule has 3 N–H and O–H groups in total. The van der Waals surface area contributed by atoms with Gasteiger partial charge in [0.2, 0.25) is 11.8 Å². The van der Waals surface area contributed by atoms with E-state index in [0.717, 1.165) is 44.0 Å². The number of carbonyl (C=O) groups excluding carboxylic acids is 2. The molecule has 1 heterocycles. The molecule has 8 heteroatoms. The summed E-state index contributed by atoms with van der Waals surface area (Å²) < 4.78 is 0. The smallest absolute Gasteiger partial charge is 0.222 e. The highest BCUT2D eigenvalue weighted by molar-refractivity contribution is 14.0. The number of aliphatic imine (C=N–C) groups is 1. The van der Waals surface area contributed by atoms with Crippen molar-refractivity contribution in [3.8, 4) is 0 Å². The lowest BCUT2D eigenvalue weighted by atomic mass is 9.93. The minimum Gasteiger partial charge on any atom is -0.359 e. The van der Waals surface area contributed by atoms with E-state index in [1.165, 1.54) is 0 Å². The van der Waals surface area contributed by atoms with Crippen LogP contribution in [-0.4, -0.2) is 55.9 Å². The molecule has 0 radical (unpaired) electrons. The fraction of sp³-hybridized carbons (Fsp3) is 0.571. The molecular formula is C21H34IN5O2. The highest BCUT2D eigenvalue weighted by Crippen LogP contribution is 2.20. The molecule has 162 valence electrons. The van der Waals surface area contributed by atoms with Crippen LogP contribution in [0.15, 0.2) is 35.3 Å². The molecule has 1 fully saturated rings. The summed E-state index contributed by atoms with van der Waals surface area (Å²) in [6.07, 6.45) is 2.93. The Kier molecular flexibility index (Phi) is 12.3. The molecule has 1 aliphatic rings. The third-order valence-corrected chi connectivity index (χ3v) is 4.93. The molecule has 1 aliphatic heterocycles. The quantitative estimate of drug-likeness (QED) is 0.282. The topological polar surface area (TPSA) is 85.8 Å². The van der Waals surface area contributed by atoms with Gasteiger partial charge in [-0.15, -0.1) is 24.0 Å². The van der Waals surface area contributed by atoms with Crippen molar-refractivity contribution in [1.29, 1.82) is 0 Å². The molecule has 1 aromatic rings. The first-order valence-corrected chi connectivity index (χ1v) is 10.2. The van der Waals surface area contributed by atoms with Gasteiger partial charge in [-0.1, -0.05) is 30.3 Å². The molecule has 0 atom stereocenters. The van der Waals surface area contributed by atoms with Gasteiger partial charge in [-0.3, -0.25) is 14.6 Å². The zero-order chi connectivity index (χ0) is 20.2. The maximum Gasteiger partial charge on any atom is 0.222 e. The number of hydrogen-bond donors (Lipinski definition) is 3. The molecule has 2 amide bonds. The van der Waals surface area contributed by atoms with Crippen molar-refractivity contribution in [3.05, 3.63) is 35.9 Å². The number of halogens is 1. The Morgan fingerprint density at radius 2 is 1.79 bits per heavy atom. The lowest BCUT2D eigenvalue weighted by molar-refractivity contribution is -0.122. The Morgan fingerprint density at radius 3 is 2.41 bits per heavy atom. The molecule has 7 nitrogen and oxygen atoms in total. The number of piperidine rings is 1. The molecular weight excluding hydrogens is 481 g/mol. The Bertz CT molecular complexity index is 646. The highest BCUT2D eigenvalue weighted by atomic mass is 127. The van der Waals surface area contributed by atoms with Gasteiger partial charge in [0.05, 0.1) is 6.54 Å². The number of rotatable bonds is 8. The van der Waals surface area contributed by atoms with E-state index in [4.69, 9.17) is 0 Å². The van der Waals surface area contributed by atoms with Gasteiger partial charge in [-0.25, -0.2) is 0 Å². The number of amides is 2. The van der Waals surface area contributed by atoms with E-state index in [9.17, 15) is 9.59 Å². The van der Waals surface area contributed by atoms with E-state index < -0.39 is 0 Å². The second-order valence-corrected chi connectivity index (χ2v) is 7.06. The Labute approximate surface area is 191 Å². The van der Waals surface area contributed by atoms with Gasteiger partial charge in [0.25, 0.3) is 0 Å². The van der Waals surface area contributed by atoms with Crippen LogP contribution in [0.25, 0.3) is 0 Å². The van der Waals surface area contributed by atoms with Crippen LogP contribution in [0.4, 0.5) is 0 Å². The predicted octanol–water partition coefficient (Wildman–Crippen LogP) is 2.12. The number of likely N-dealkylation sites (tertiary alicyclic amines) is 1. The molecule has 1 saturated heterocycles. The molecule has 1 aromatic carbocycles. The van der Waals surface area contributed by atoms with Gasteiger partial charge in [0.1, 0.15) is 0 Å². The molecule has 0 unspecified atom stereocenters. The van der Waals surface area contributed by atoms with Crippen LogP contribution in [0.3, 0.4) is 0 Å². The number of nitrogens with zero attached hydrogens (tertiary/aromatic N) is 2. The summed E-state index contributed by atoms with van der Waals surface area (Å²) >= 11 is 0. The highest BCUT2D eigenvalue weighted by Gasteiger charge is 2.23. The Hall–Kier alpha value is -1.84. The molecule has 2 rings (SSSR count). The normalized spacial score (nSPS) is 14.7. The number of benzene rings is 1. The SMILES string of the molecule is CCNC(=NCCC(=O)NCc1ccccc1)N1CCC(CC(=O)NC)CC1.I. The van der Waals surface area contributed by atoms with Crippen LogP contribution < -0.4 is 16.0 Å². The number of guanidine groups is 1. The maximum atomic E-state index is 12.1. The molecule has 0 aromatic heterocycles. The van der Waals surface area contributed by atoms with Crippen molar-refractivity contribution in [2.45, 2.75) is 39.2 Å². The molecule has 0 bridgehead atoms. The van der Waals surface area contributed by atoms with Crippen molar-refractivity contribution >= 4 is 41.8 Å². The van der Waals surface area contributed by atoms with Crippen molar-refractivity contribution in [3.63, 3.8) is 0 Å². The first-order chi connectivity index (χ1) is 13.6. The van der Waals surface area contributed by atoms with Crippen molar-refractivity contribution in [2.24, 2.45) is 10.9 Å². The number of nitrogens with one attached hydrogen (secondary N) is 3. The van der Waals surface area contributed by atoms with Gasteiger partial charge >= 0.3 is 0 Å². The number of carbonyl (C=O) groups is 2. The lowest BCUT2D eigenvalue weighted by Crippen LogP contribution is -2.46. The third-order valence-electron chi connectivity index (χ3n) is 4.93. The molecule has 0 saturated carbocycles. The Morgan fingerprint density at radius 1 is 1.10 bits per heavy atom. The summed E-state index contributed by atoms with van der Waals surface area (Å²) in [6, 6.07) is 9.88. The zero-order valence-corrected chi connectivity index (χ0v) is 19.8. The van der Waals surface area contributed by atoms with Crippen molar-refractivity contribution in [1.82, 2.24) is 20.9 Å². The molecule has 0 spiro atoms. The largest absolute Gasteiger partial charge is 0.359 e. The minimum absolute atomic E-state index is 0. The van der Waals surface area contributed by atoms with E-state index in [2.05, 4.69) is 25.8 Å². The van der Waals surface area contributed by atoms with Gasteiger partial charge in [-0.2, -0.15) is 0 Å². The summed E-state index contributed by atoms with van der Waals surface area (Å²) in [4.78, 5) is 30.5. The summed E-state index contributed by atoms with van der Waals surface area (Å²) in [7, 11) is 1.68. The first kappa shape index (κ1) is 25.2. The average molecular weight is 515 g/mol. The summed E-state index contributed by atoms with van der Waals surface area (Å²) in [5.74, 6) is 1.41. The lowest BCUT2D eigenvalue weighted by Gasteiger charge is -2.34. The second kappa shape index (κ2) is 14.2. The molecule has 29 heavy (non-hydrogen) atoms. The van der Waals surface area contributed by atoms with Crippen LogP contribution in [0.1, 0.15) is 38.2 Å². The van der Waals surface area contributed by atoms with Crippen molar-refractivity contribution < 1.29 is 9.59 Å². The van der Waals surface area contributed by atoms with Crippen LogP contribution in [0, 0.1) is 5.92 Å². The van der Waals surface area contributed by atoms with E-state index in [0.29, 0.717) is 31.8 Å². The predicted molar refractivity (Wildman–Crippen MR) is 127 cm³/mol. The van der Waals surface area contributed by atoms with Gasteiger partial charge < -0.3 is 20.9 Å². The maximum absolute atomic E-state index is 12.1. The molecule has 0 aliphatic carbocycles. The fourth-order valence-corrected chi connectivity index (χ4v) is 3.29. The van der Waals surface area contributed by atoms with Crippen molar-refractivity contribution in [2.75, 3.05) is 33.2 Å². The van der Waals surface area contributed by atoms with E-state index in [1.807, 2.05) is 37.3 Å².